The number of rotatable bonds is 11. The van der Waals surface area contributed by atoms with Crippen LogP contribution >= 0.6 is 27.3 Å². The van der Waals surface area contributed by atoms with Gasteiger partial charge in [0, 0.05) is 12.1 Å². The lowest BCUT2D eigenvalue weighted by Gasteiger charge is -2.25. The number of non-ortho nitro benzene ring substituents is 1. The third-order valence-electron chi connectivity index (χ3n) is 7.15. The van der Waals surface area contributed by atoms with Crippen LogP contribution in [0.15, 0.2) is 86.2 Å². The molecule has 0 N–H and O–H groups in total. The van der Waals surface area contributed by atoms with Crippen LogP contribution < -0.4 is 29.1 Å². The summed E-state index contributed by atoms with van der Waals surface area (Å²) in [7, 11) is 1.54. The van der Waals surface area contributed by atoms with Crippen LogP contribution in [0.4, 0.5) is 5.69 Å². The van der Waals surface area contributed by atoms with E-state index in [2.05, 4.69) is 20.9 Å². The highest BCUT2D eigenvalue weighted by atomic mass is 79.9. The summed E-state index contributed by atoms with van der Waals surface area (Å²) in [6.45, 7) is 7.58. The number of carbonyl (C=O) groups excluding carboxylic acids is 1. The number of hydrogen-bond acceptors (Lipinski definition) is 10. The zero-order valence-corrected chi connectivity index (χ0v) is 28.7. The van der Waals surface area contributed by atoms with Crippen LogP contribution in [0.2, 0.25) is 0 Å². The number of nitrogens with zero attached hydrogens (tertiary/aromatic N) is 3. The van der Waals surface area contributed by atoms with Gasteiger partial charge in [0.25, 0.3) is 11.2 Å². The highest BCUT2D eigenvalue weighted by Crippen LogP contribution is 2.36. The quantitative estimate of drug-likeness (QED) is 0.107. The van der Waals surface area contributed by atoms with Crippen molar-refractivity contribution in [2.75, 3.05) is 13.7 Å². The molecule has 0 saturated heterocycles. The van der Waals surface area contributed by atoms with E-state index in [1.165, 1.54) is 35.1 Å². The van der Waals surface area contributed by atoms with E-state index < -0.39 is 16.9 Å². The van der Waals surface area contributed by atoms with E-state index in [1.54, 1.807) is 56.3 Å². The highest BCUT2D eigenvalue weighted by Gasteiger charge is 2.34. The molecule has 0 unspecified atom stereocenters. The topological polar surface area (TPSA) is 131 Å². The van der Waals surface area contributed by atoms with Crippen LogP contribution in [-0.2, 0) is 16.1 Å². The van der Waals surface area contributed by atoms with Crippen molar-refractivity contribution in [3.63, 3.8) is 0 Å². The average molecular weight is 723 g/mol. The molecule has 0 amide bonds. The Hall–Kier alpha value is -4.75. The van der Waals surface area contributed by atoms with Crippen LogP contribution in [0, 0.1) is 10.1 Å². The Kier molecular flexibility index (Phi) is 10.3. The molecule has 1 aromatic heterocycles. The van der Waals surface area contributed by atoms with Gasteiger partial charge in [-0.2, -0.15) is 0 Å². The monoisotopic (exact) mass is 721 g/mol. The molecule has 2 heterocycles. The number of hydrogen-bond donors (Lipinski definition) is 0. The molecule has 0 spiro atoms. The fraction of sp³-hybridized carbons (Fsp3) is 0.265. The number of nitro groups is 1. The first-order valence-electron chi connectivity index (χ1n) is 14.7. The second-order valence-corrected chi connectivity index (χ2v) is 12.6. The van der Waals surface area contributed by atoms with Gasteiger partial charge in [0.2, 0.25) is 0 Å². The molecule has 0 aliphatic carbocycles. The summed E-state index contributed by atoms with van der Waals surface area (Å²) in [5, 5.41) is 11.1. The lowest BCUT2D eigenvalue weighted by atomic mass is 9.95. The molecule has 0 saturated carbocycles. The summed E-state index contributed by atoms with van der Waals surface area (Å²) in [5.74, 6) is 0.983. The zero-order chi connectivity index (χ0) is 33.8. The van der Waals surface area contributed by atoms with Crippen molar-refractivity contribution in [1.29, 1.82) is 0 Å². The number of benzene rings is 3. The Morgan fingerprint density at radius 1 is 1.13 bits per heavy atom. The van der Waals surface area contributed by atoms with Crippen molar-refractivity contribution < 1.29 is 28.7 Å². The van der Waals surface area contributed by atoms with Gasteiger partial charge in [-0.05, 0) is 90.7 Å². The Balaban J connectivity index is 1.52. The van der Waals surface area contributed by atoms with Gasteiger partial charge in [0.15, 0.2) is 16.3 Å². The molecule has 11 nitrogen and oxygen atoms in total. The largest absolute Gasteiger partial charge is 0.493 e. The maximum atomic E-state index is 14.1. The number of methoxy groups -OCH3 is 1. The van der Waals surface area contributed by atoms with Gasteiger partial charge in [-0.3, -0.25) is 19.5 Å². The summed E-state index contributed by atoms with van der Waals surface area (Å²) in [5.41, 5.74) is 2.40. The van der Waals surface area contributed by atoms with Gasteiger partial charge in [0.1, 0.15) is 12.4 Å². The Labute approximate surface area is 282 Å². The first-order chi connectivity index (χ1) is 22.5. The predicted molar refractivity (Wildman–Crippen MR) is 181 cm³/mol. The van der Waals surface area contributed by atoms with Crippen molar-refractivity contribution in [1.82, 2.24) is 4.57 Å². The third-order valence-corrected chi connectivity index (χ3v) is 8.76. The van der Waals surface area contributed by atoms with E-state index in [-0.39, 0.29) is 36.1 Å². The number of aromatic nitrogens is 1. The zero-order valence-electron chi connectivity index (χ0n) is 26.3. The van der Waals surface area contributed by atoms with E-state index in [1.807, 2.05) is 26.0 Å². The van der Waals surface area contributed by atoms with Gasteiger partial charge in [-0.15, -0.1) is 0 Å². The Morgan fingerprint density at radius 3 is 2.57 bits per heavy atom. The first kappa shape index (κ1) is 33.6. The third kappa shape index (κ3) is 7.31. The minimum absolute atomic E-state index is 0.00918. The molecule has 1 atom stereocenters. The van der Waals surface area contributed by atoms with Crippen LogP contribution in [0.25, 0.3) is 6.08 Å². The van der Waals surface area contributed by atoms with Crippen molar-refractivity contribution in [3.05, 3.63) is 123 Å². The van der Waals surface area contributed by atoms with Gasteiger partial charge in [-0.1, -0.05) is 35.6 Å². The maximum Gasteiger partial charge on any atom is 0.338 e. The molecule has 13 heteroatoms. The second kappa shape index (κ2) is 14.3. The molecule has 0 fully saturated rings. The summed E-state index contributed by atoms with van der Waals surface area (Å²) >= 11 is 4.75. The second-order valence-electron chi connectivity index (χ2n) is 10.8. The van der Waals surface area contributed by atoms with Gasteiger partial charge >= 0.3 is 5.97 Å². The van der Waals surface area contributed by atoms with E-state index in [4.69, 9.17) is 18.9 Å². The van der Waals surface area contributed by atoms with Crippen LogP contribution in [0.1, 0.15) is 50.4 Å². The van der Waals surface area contributed by atoms with Crippen LogP contribution in [0.3, 0.4) is 0 Å². The number of fused-ring (bicyclic) bond motifs is 1. The highest BCUT2D eigenvalue weighted by molar-refractivity contribution is 9.10. The number of nitro benzene ring substituents is 1. The number of allylic oxidation sites excluding steroid dienone is 1. The normalized spacial score (nSPS) is 14.4. The van der Waals surface area contributed by atoms with E-state index >= 15 is 0 Å². The summed E-state index contributed by atoms with van der Waals surface area (Å²) in [6.07, 6.45) is 1.66. The van der Waals surface area contributed by atoms with Gasteiger partial charge < -0.3 is 18.9 Å². The average Bonchev–Trinajstić information content (AvgIpc) is 3.33. The van der Waals surface area contributed by atoms with Crippen molar-refractivity contribution in [2.24, 2.45) is 4.99 Å². The molecule has 244 valence electrons. The predicted octanol–water partition coefficient (Wildman–Crippen LogP) is 5.84. The molecule has 0 radical (unpaired) electrons. The van der Waals surface area contributed by atoms with Crippen molar-refractivity contribution >= 4 is 45.0 Å². The lowest BCUT2D eigenvalue weighted by molar-refractivity contribution is -0.384. The Morgan fingerprint density at radius 2 is 1.89 bits per heavy atom. The number of carbonyl (C=O) groups is 1. The Bertz CT molecular complexity index is 2070. The number of esters is 1. The molecule has 1 aliphatic heterocycles. The molecule has 4 aromatic rings. The number of halogens is 1. The van der Waals surface area contributed by atoms with Crippen molar-refractivity contribution in [3.8, 4) is 17.2 Å². The SMILES string of the molecule is CCOC(=O)C1=C(C)N=c2s/c(=C\c3ccc(OCc4cccc([N+](=O)[O-])c4)c(Br)c3)c(=O)n2[C@@H]1c1ccc(OC(C)C)c(OC)c1. The van der Waals surface area contributed by atoms with E-state index in [0.717, 1.165) is 5.56 Å². The fourth-order valence-corrected chi connectivity index (χ4v) is 6.67. The minimum atomic E-state index is -0.814. The van der Waals surface area contributed by atoms with E-state index in [0.29, 0.717) is 47.9 Å². The molecule has 1 aliphatic rings. The first-order valence-corrected chi connectivity index (χ1v) is 16.3. The molecule has 0 bridgehead atoms. The van der Waals surface area contributed by atoms with Gasteiger partial charge in [0.05, 0.1) is 51.1 Å². The summed E-state index contributed by atoms with van der Waals surface area (Å²) in [6, 6.07) is 16.1. The van der Waals surface area contributed by atoms with Crippen LogP contribution in [-0.4, -0.2) is 35.3 Å². The van der Waals surface area contributed by atoms with Crippen LogP contribution in [0.5, 0.6) is 17.2 Å². The molecular weight excluding hydrogens is 690 g/mol. The summed E-state index contributed by atoms with van der Waals surface area (Å²) < 4.78 is 25.4. The summed E-state index contributed by atoms with van der Waals surface area (Å²) in [4.78, 5) is 43.1. The van der Waals surface area contributed by atoms with Crippen molar-refractivity contribution in [2.45, 2.75) is 46.4 Å². The van der Waals surface area contributed by atoms with Gasteiger partial charge in [-0.25, -0.2) is 9.79 Å². The fourth-order valence-electron chi connectivity index (χ4n) is 5.11. The maximum absolute atomic E-state index is 14.1. The number of thiazole rings is 1. The molecule has 5 rings (SSSR count). The molecule has 47 heavy (non-hydrogen) atoms. The molecular formula is C34H32BrN3O8S. The lowest BCUT2D eigenvalue weighted by Crippen LogP contribution is -2.40. The molecule has 3 aromatic carbocycles. The standard InChI is InChI=1S/C34H32BrN3O8S/c1-6-44-33(40)30-20(4)36-34-37(31(30)23-11-13-27(46-19(2)3)28(17-23)43-5)32(39)29(47-34)16-21-10-12-26(25(35)15-21)45-18-22-8-7-9-24(14-22)38(41)42/h7-17,19,31H,6,18H2,1-5H3/b29-16-/t31-/m1/s1. The number of ether oxygens (including phenoxy) is 4. The van der Waals surface area contributed by atoms with E-state index in [9.17, 15) is 19.7 Å². The minimum Gasteiger partial charge on any atom is -0.493 e. The smallest absolute Gasteiger partial charge is 0.338 e.